The molecule has 6 heteroatoms. The van der Waals surface area contributed by atoms with Gasteiger partial charge in [0.05, 0.1) is 17.9 Å². The number of hydrogen-bond donors (Lipinski definition) is 2. The van der Waals surface area contributed by atoms with E-state index in [1.807, 2.05) is 6.07 Å². The molecule has 0 heterocycles. The third kappa shape index (κ3) is 3.73. The van der Waals surface area contributed by atoms with Gasteiger partial charge in [0.1, 0.15) is 12.1 Å². The van der Waals surface area contributed by atoms with Crippen molar-refractivity contribution in [2.45, 2.75) is 6.04 Å². The lowest BCUT2D eigenvalue weighted by Gasteiger charge is -2.15. The fourth-order valence-electron chi connectivity index (χ4n) is 1.26. The number of nitrogens with one attached hydrogen (secondary N) is 1. The first-order valence-corrected chi connectivity index (χ1v) is 5.55. The van der Waals surface area contributed by atoms with Crippen molar-refractivity contribution in [3.05, 3.63) is 28.2 Å². The van der Waals surface area contributed by atoms with Gasteiger partial charge in [-0.15, -0.1) is 0 Å². The Morgan fingerprint density at radius 1 is 1.71 bits per heavy atom. The molecule has 0 aliphatic carbocycles. The standard InChI is InChI=1S/C11H11BrN2O3/c1-17-6-10(11(15)16)14-9-4-8(12)3-2-7(9)5-13/h2-4,10,14H,6H2,1H3,(H,15,16). The van der Waals surface area contributed by atoms with Crippen LogP contribution in [0.5, 0.6) is 0 Å². The highest BCUT2D eigenvalue weighted by atomic mass is 79.9. The Morgan fingerprint density at radius 3 is 2.94 bits per heavy atom. The van der Waals surface area contributed by atoms with Crippen molar-refractivity contribution >= 4 is 27.6 Å². The molecule has 0 saturated heterocycles. The number of carboxylic acids is 1. The number of anilines is 1. The molecule has 0 aliphatic heterocycles. The number of methoxy groups -OCH3 is 1. The van der Waals surface area contributed by atoms with E-state index in [9.17, 15) is 4.79 Å². The monoisotopic (exact) mass is 298 g/mol. The first-order valence-electron chi connectivity index (χ1n) is 4.76. The number of benzene rings is 1. The van der Waals surface area contributed by atoms with E-state index in [0.29, 0.717) is 11.3 Å². The SMILES string of the molecule is COCC(Nc1cc(Br)ccc1C#N)C(=O)O. The van der Waals surface area contributed by atoms with Gasteiger partial charge >= 0.3 is 5.97 Å². The lowest BCUT2D eigenvalue weighted by atomic mass is 10.1. The van der Waals surface area contributed by atoms with Gasteiger partial charge in [0.2, 0.25) is 0 Å². The normalized spacial score (nSPS) is 11.6. The summed E-state index contributed by atoms with van der Waals surface area (Å²) in [6.07, 6.45) is 0. The van der Waals surface area contributed by atoms with Crippen LogP contribution in [0.1, 0.15) is 5.56 Å². The molecule has 0 amide bonds. The third-order valence-electron chi connectivity index (χ3n) is 2.06. The maximum atomic E-state index is 10.9. The number of rotatable bonds is 5. The van der Waals surface area contributed by atoms with Crippen LogP contribution in [0, 0.1) is 11.3 Å². The third-order valence-corrected chi connectivity index (χ3v) is 2.56. The summed E-state index contributed by atoms with van der Waals surface area (Å²) in [6.45, 7) is 0.0206. The van der Waals surface area contributed by atoms with Crippen LogP contribution in [0.15, 0.2) is 22.7 Å². The number of halogens is 1. The van der Waals surface area contributed by atoms with Gasteiger partial charge in [-0.25, -0.2) is 4.79 Å². The second-order valence-electron chi connectivity index (χ2n) is 3.29. The van der Waals surface area contributed by atoms with Crippen LogP contribution in [0.2, 0.25) is 0 Å². The first-order chi connectivity index (χ1) is 8.08. The molecule has 5 nitrogen and oxygen atoms in total. The highest BCUT2D eigenvalue weighted by Crippen LogP contribution is 2.21. The van der Waals surface area contributed by atoms with Crippen molar-refractivity contribution in [1.29, 1.82) is 5.26 Å². The van der Waals surface area contributed by atoms with Gasteiger partial charge in [0.15, 0.2) is 0 Å². The van der Waals surface area contributed by atoms with Gasteiger partial charge in [-0.2, -0.15) is 5.26 Å². The lowest BCUT2D eigenvalue weighted by molar-refractivity contribution is -0.139. The Balaban J connectivity index is 2.96. The second-order valence-corrected chi connectivity index (χ2v) is 4.21. The molecule has 0 saturated carbocycles. The highest BCUT2D eigenvalue weighted by molar-refractivity contribution is 9.10. The van der Waals surface area contributed by atoms with E-state index in [-0.39, 0.29) is 6.61 Å². The molecule has 2 N–H and O–H groups in total. The molecule has 1 atom stereocenters. The van der Waals surface area contributed by atoms with Crippen LogP contribution >= 0.6 is 15.9 Å². The van der Waals surface area contributed by atoms with Gasteiger partial charge in [-0.05, 0) is 18.2 Å². The van der Waals surface area contributed by atoms with Gasteiger partial charge < -0.3 is 15.2 Å². The minimum Gasteiger partial charge on any atom is -0.480 e. The lowest BCUT2D eigenvalue weighted by Crippen LogP contribution is -2.33. The van der Waals surface area contributed by atoms with Crippen LogP contribution < -0.4 is 5.32 Å². The number of hydrogen-bond acceptors (Lipinski definition) is 4. The van der Waals surface area contributed by atoms with Crippen LogP contribution in [0.4, 0.5) is 5.69 Å². The zero-order valence-corrected chi connectivity index (χ0v) is 10.7. The average Bonchev–Trinajstić information content (AvgIpc) is 2.28. The minimum absolute atomic E-state index is 0.0206. The fourth-order valence-corrected chi connectivity index (χ4v) is 1.62. The summed E-state index contributed by atoms with van der Waals surface area (Å²) in [7, 11) is 1.42. The molecule has 1 aromatic carbocycles. The van der Waals surface area contributed by atoms with Gasteiger partial charge in [0.25, 0.3) is 0 Å². The molecule has 1 aromatic rings. The molecule has 1 rings (SSSR count). The molecule has 17 heavy (non-hydrogen) atoms. The average molecular weight is 299 g/mol. The Labute approximate surface area is 107 Å². The number of ether oxygens (including phenoxy) is 1. The second kappa shape index (κ2) is 6.23. The molecular formula is C11H11BrN2O3. The number of carboxylic acid groups (broad SMARTS) is 1. The predicted octanol–water partition coefficient (Wildman–Crippen LogP) is 1.83. The van der Waals surface area contributed by atoms with Crippen molar-refractivity contribution in [3.8, 4) is 6.07 Å². The molecule has 0 aromatic heterocycles. The van der Waals surface area contributed by atoms with E-state index >= 15 is 0 Å². The topological polar surface area (TPSA) is 82.3 Å². The largest absolute Gasteiger partial charge is 0.480 e. The quantitative estimate of drug-likeness (QED) is 0.866. The van der Waals surface area contributed by atoms with E-state index in [1.165, 1.54) is 7.11 Å². The molecule has 0 spiro atoms. The van der Waals surface area contributed by atoms with Crippen LogP contribution in [-0.4, -0.2) is 30.8 Å². The Hall–Kier alpha value is -1.58. The summed E-state index contributed by atoms with van der Waals surface area (Å²) in [5.41, 5.74) is 0.849. The fraction of sp³-hybridized carbons (Fsp3) is 0.273. The van der Waals surface area contributed by atoms with E-state index < -0.39 is 12.0 Å². The first kappa shape index (κ1) is 13.5. The summed E-state index contributed by atoms with van der Waals surface area (Å²) in [6, 6.07) is 6.09. The van der Waals surface area contributed by atoms with Crippen molar-refractivity contribution in [3.63, 3.8) is 0 Å². The van der Waals surface area contributed by atoms with Crippen molar-refractivity contribution in [2.24, 2.45) is 0 Å². The van der Waals surface area contributed by atoms with Crippen LogP contribution in [0.25, 0.3) is 0 Å². The van der Waals surface area contributed by atoms with Crippen LogP contribution in [0.3, 0.4) is 0 Å². The number of nitrogens with zero attached hydrogens (tertiary/aromatic N) is 1. The maximum Gasteiger partial charge on any atom is 0.328 e. The van der Waals surface area contributed by atoms with Gasteiger partial charge in [0, 0.05) is 11.6 Å². The maximum absolute atomic E-state index is 10.9. The summed E-state index contributed by atoms with van der Waals surface area (Å²) >= 11 is 3.26. The van der Waals surface area contributed by atoms with Crippen LogP contribution in [-0.2, 0) is 9.53 Å². The molecule has 0 radical (unpaired) electrons. The van der Waals surface area contributed by atoms with Gasteiger partial charge in [-0.3, -0.25) is 0 Å². The highest BCUT2D eigenvalue weighted by Gasteiger charge is 2.18. The zero-order valence-electron chi connectivity index (χ0n) is 9.11. The molecule has 0 fully saturated rings. The minimum atomic E-state index is -1.03. The summed E-state index contributed by atoms with van der Waals surface area (Å²) in [5, 5.41) is 20.6. The van der Waals surface area contributed by atoms with E-state index in [4.69, 9.17) is 15.1 Å². The molecule has 90 valence electrons. The Kier molecular flexibility index (Phi) is 4.94. The van der Waals surface area contributed by atoms with E-state index in [1.54, 1.807) is 18.2 Å². The smallest absolute Gasteiger partial charge is 0.328 e. The van der Waals surface area contributed by atoms with Crippen molar-refractivity contribution < 1.29 is 14.6 Å². The van der Waals surface area contributed by atoms with E-state index in [0.717, 1.165) is 4.47 Å². The predicted molar refractivity (Wildman–Crippen MR) is 65.8 cm³/mol. The molecular weight excluding hydrogens is 288 g/mol. The summed E-state index contributed by atoms with van der Waals surface area (Å²) < 4.78 is 5.57. The summed E-state index contributed by atoms with van der Waals surface area (Å²) in [4.78, 5) is 10.9. The molecule has 0 bridgehead atoms. The zero-order chi connectivity index (χ0) is 12.8. The Bertz CT molecular complexity index is 457. The van der Waals surface area contributed by atoms with Crippen molar-refractivity contribution in [1.82, 2.24) is 0 Å². The molecule has 0 aliphatic rings. The molecule has 1 unspecified atom stereocenters. The number of aliphatic carboxylic acids is 1. The number of carbonyl (C=O) groups is 1. The van der Waals surface area contributed by atoms with Crippen molar-refractivity contribution in [2.75, 3.05) is 19.0 Å². The van der Waals surface area contributed by atoms with Gasteiger partial charge in [-0.1, -0.05) is 15.9 Å². The Morgan fingerprint density at radius 2 is 2.41 bits per heavy atom. The number of nitriles is 1. The van der Waals surface area contributed by atoms with E-state index in [2.05, 4.69) is 21.2 Å². The summed E-state index contributed by atoms with van der Waals surface area (Å²) in [5.74, 6) is -1.03.